The fourth-order valence-electron chi connectivity index (χ4n) is 1.93. The largest absolute Gasteiger partial charge is 0.506 e. The van der Waals surface area contributed by atoms with Gasteiger partial charge in [0.15, 0.2) is 17.3 Å². The first-order valence-corrected chi connectivity index (χ1v) is 7.09. The van der Waals surface area contributed by atoms with E-state index < -0.39 is 40.0 Å². The number of rotatable bonds is 8. The van der Waals surface area contributed by atoms with Crippen molar-refractivity contribution in [1.29, 1.82) is 0 Å². The van der Waals surface area contributed by atoms with E-state index in [0.29, 0.717) is 12.8 Å². The zero-order valence-electron chi connectivity index (χ0n) is 12.3. The summed E-state index contributed by atoms with van der Waals surface area (Å²) in [5.74, 6) is -2.86. The van der Waals surface area contributed by atoms with E-state index in [1.807, 2.05) is 13.8 Å². The molecule has 0 bridgehead atoms. The van der Waals surface area contributed by atoms with Crippen molar-refractivity contribution >= 4 is 11.6 Å². The van der Waals surface area contributed by atoms with Crippen molar-refractivity contribution < 1.29 is 24.2 Å². The van der Waals surface area contributed by atoms with Crippen molar-refractivity contribution in [3.8, 4) is 11.7 Å². The van der Waals surface area contributed by atoms with Crippen LogP contribution >= 0.6 is 0 Å². The van der Waals surface area contributed by atoms with E-state index >= 15 is 0 Å². The molecule has 21 heavy (non-hydrogen) atoms. The second kappa shape index (κ2) is 7.61. The second-order valence-electron chi connectivity index (χ2n) is 4.85. The first-order chi connectivity index (χ1) is 9.93. The monoisotopic (exact) mass is 296 g/mol. The molecule has 0 aliphatic rings. The first-order valence-electron chi connectivity index (χ1n) is 7.09. The maximum Gasteiger partial charge on any atom is 0.353 e. The fourth-order valence-corrected chi connectivity index (χ4v) is 1.93. The van der Waals surface area contributed by atoms with Gasteiger partial charge in [-0.1, -0.05) is 26.7 Å². The van der Waals surface area contributed by atoms with Crippen LogP contribution in [0.1, 0.15) is 73.1 Å². The van der Waals surface area contributed by atoms with Gasteiger partial charge in [0.2, 0.25) is 0 Å². The average molecular weight is 296 g/mol. The van der Waals surface area contributed by atoms with Gasteiger partial charge in [0.1, 0.15) is 11.1 Å². The van der Waals surface area contributed by atoms with Crippen LogP contribution in [0.25, 0.3) is 0 Å². The van der Waals surface area contributed by atoms with Crippen molar-refractivity contribution in [2.75, 3.05) is 0 Å². The summed E-state index contributed by atoms with van der Waals surface area (Å²) in [4.78, 5) is 35.5. The molecule has 0 spiro atoms. The highest BCUT2D eigenvalue weighted by Crippen LogP contribution is 2.30. The maximum absolute atomic E-state index is 12.0. The summed E-state index contributed by atoms with van der Waals surface area (Å²) in [6.07, 6.45) is 2.79. The van der Waals surface area contributed by atoms with Crippen LogP contribution in [0.4, 0.5) is 0 Å². The third-order valence-electron chi connectivity index (χ3n) is 3.15. The zero-order chi connectivity index (χ0) is 16.0. The van der Waals surface area contributed by atoms with Gasteiger partial charge in [-0.2, -0.15) is 0 Å². The lowest BCUT2D eigenvalue weighted by Gasteiger charge is -2.08. The summed E-state index contributed by atoms with van der Waals surface area (Å²) in [6, 6.07) is 0. The summed E-state index contributed by atoms with van der Waals surface area (Å²) < 4.78 is 4.52. The zero-order valence-corrected chi connectivity index (χ0v) is 12.3. The third-order valence-corrected chi connectivity index (χ3v) is 3.15. The Morgan fingerprint density at radius 2 is 1.43 bits per heavy atom. The summed E-state index contributed by atoms with van der Waals surface area (Å²) in [6.45, 7) is 3.77. The maximum atomic E-state index is 12.0. The van der Waals surface area contributed by atoms with Crippen molar-refractivity contribution in [3.05, 3.63) is 21.5 Å². The lowest BCUT2D eigenvalue weighted by Crippen LogP contribution is -2.17. The molecule has 0 aliphatic heterocycles. The van der Waals surface area contributed by atoms with Crippen LogP contribution in [-0.4, -0.2) is 21.8 Å². The van der Waals surface area contributed by atoms with Gasteiger partial charge in [-0.15, -0.1) is 0 Å². The molecule has 0 saturated heterocycles. The SMILES string of the molecule is CCCCC(=O)c1c(O)oc(=O)c(C(=O)CCCC)c1O. The summed E-state index contributed by atoms with van der Waals surface area (Å²) in [5, 5.41) is 19.6. The molecule has 6 heteroatoms. The average Bonchev–Trinajstić information content (AvgIpc) is 2.42. The molecule has 0 radical (unpaired) electrons. The van der Waals surface area contributed by atoms with Crippen LogP contribution in [-0.2, 0) is 0 Å². The molecular formula is C15H20O6. The van der Waals surface area contributed by atoms with Crippen molar-refractivity contribution in [3.63, 3.8) is 0 Å². The molecule has 0 aromatic carbocycles. The minimum atomic E-state index is -1.13. The van der Waals surface area contributed by atoms with Crippen molar-refractivity contribution in [2.24, 2.45) is 0 Å². The summed E-state index contributed by atoms with van der Waals surface area (Å²) >= 11 is 0. The van der Waals surface area contributed by atoms with Gasteiger partial charge in [-0.25, -0.2) is 4.79 Å². The quantitative estimate of drug-likeness (QED) is 0.715. The van der Waals surface area contributed by atoms with Crippen molar-refractivity contribution in [2.45, 2.75) is 52.4 Å². The normalized spacial score (nSPS) is 10.6. The van der Waals surface area contributed by atoms with E-state index in [1.165, 1.54) is 0 Å². The van der Waals surface area contributed by atoms with Crippen LogP contribution in [0.5, 0.6) is 11.7 Å². The molecule has 2 N–H and O–H groups in total. The Bertz CT molecular complexity index is 585. The summed E-state index contributed by atoms with van der Waals surface area (Å²) in [7, 11) is 0. The van der Waals surface area contributed by atoms with Crippen LogP contribution in [0, 0.1) is 0 Å². The number of hydrogen-bond acceptors (Lipinski definition) is 6. The van der Waals surface area contributed by atoms with E-state index in [2.05, 4.69) is 4.42 Å². The molecule has 0 saturated carbocycles. The number of carbonyl (C=O) groups is 2. The van der Waals surface area contributed by atoms with Gasteiger partial charge < -0.3 is 14.6 Å². The van der Waals surface area contributed by atoms with E-state index in [0.717, 1.165) is 12.8 Å². The predicted octanol–water partition coefficient (Wildman–Crippen LogP) is 2.80. The smallest absolute Gasteiger partial charge is 0.353 e. The molecule has 1 rings (SSSR count). The number of hydrogen-bond donors (Lipinski definition) is 2. The van der Waals surface area contributed by atoms with Crippen LogP contribution in [0.2, 0.25) is 0 Å². The Balaban J connectivity index is 3.25. The fraction of sp³-hybridized carbons (Fsp3) is 0.533. The van der Waals surface area contributed by atoms with Crippen LogP contribution in [0.3, 0.4) is 0 Å². The molecule has 0 amide bonds. The number of ketones is 2. The van der Waals surface area contributed by atoms with Gasteiger partial charge in [0.25, 0.3) is 5.95 Å². The van der Waals surface area contributed by atoms with Gasteiger partial charge in [0, 0.05) is 12.8 Å². The third kappa shape index (κ3) is 3.93. The van der Waals surface area contributed by atoms with Gasteiger partial charge >= 0.3 is 5.63 Å². The van der Waals surface area contributed by atoms with Gasteiger partial charge in [-0.3, -0.25) is 9.59 Å². The molecule has 0 atom stereocenters. The van der Waals surface area contributed by atoms with Crippen LogP contribution in [0.15, 0.2) is 9.21 Å². The molecule has 1 aromatic heterocycles. The first kappa shape index (κ1) is 16.9. The van der Waals surface area contributed by atoms with E-state index in [-0.39, 0.29) is 12.8 Å². The number of Topliss-reactive ketones (excluding diaryl/α,β-unsaturated/α-hetero) is 2. The number of carbonyl (C=O) groups excluding carboxylic acids is 2. The minimum absolute atomic E-state index is 0.0716. The molecule has 1 heterocycles. The minimum Gasteiger partial charge on any atom is -0.506 e. The molecule has 6 nitrogen and oxygen atoms in total. The highest BCUT2D eigenvalue weighted by molar-refractivity contribution is 6.06. The molecular weight excluding hydrogens is 276 g/mol. The lowest BCUT2D eigenvalue weighted by molar-refractivity contribution is 0.0962. The van der Waals surface area contributed by atoms with E-state index in [4.69, 9.17) is 0 Å². The molecule has 0 fully saturated rings. The summed E-state index contributed by atoms with van der Waals surface area (Å²) in [5.41, 5.74) is -2.16. The number of aromatic hydroxyl groups is 2. The van der Waals surface area contributed by atoms with E-state index in [1.54, 1.807) is 0 Å². The van der Waals surface area contributed by atoms with E-state index in [9.17, 15) is 24.6 Å². The Labute approximate surface area is 122 Å². The highest BCUT2D eigenvalue weighted by atomic mass is 16.5. The van der Waals surface area contributed by atoms with Crippen molar-refractivity contribution in [1.82, 2.24) is 0 Å². The molecule has 1 aromatic rings. The molecule has 116 valence electrons. The van der Waals surface area contributed by atoms with Gasteiger partial charge in [-0.05, 0) is 12.8 Å². The number of unbranched alkanes of at least 4 members (excludes halogenated alkanes) is 2. The Kier molecular flexibility index (Phi) is 6.14. The standard InChI is InChI=1S/C15H20O6/c1-3-5-7-9(16)11-13(18)12(10(17)8-6-4-2)15(20)21-14(11)19/h18-19H,3-8H2,1-2H3. The molecule has 0 unspecified atom stereocenters. The Morgan fingerprint density at radius 3 is 1.90 bits per heavy atom. The molecule has 0 aliphatic carbocycles. The Morgan fingerprint density at radius 1 is 0.952 bits per heavy atom. The predicted molar refractivity (Wildman–Crippen MR) is 76.0 cm³/mol. The second-order valence-corrected chi connectivity index (χ2v) is 4.85. The van der Waals surface area contributed by atoms with Gasteiger partial charge in [0.05, 0.1) is 0 Å². The highest BCUT2D eigenvalue weighted by Gasteiger charge is 2.27. The topological polar surface area (TPSA) is 105 Å². The lowest BCUT2D eigenvalue weighted by atomic mass is 10.0. The van der Waals surface area contributed by atoms with Crippen LogP contribution < -0.4 is 5.63 Å². The Hall–Kier alpha value is -2.11.